The first-order valence-electron chi connectivity index (χ1n) is 3.14. The van der Waals surface area contributed by atoms with Crippen LogP contribution in [0.1, 0.15) is 11.7 Å². The molecule has 0 spiro atoms. The highest BCUT2D eigenvalue weighted by Gasteiger charge is 2.04. The zero-order valence-corrected chi connectivity index (χ0v) is 7.32. The largest absolute Gasteiger partial charge is 0.393 e. The van der Waals surface area contributed by atoms with Crippen LogP contribution < -0.4 is 0 Å². The molecule has 0 aliphatic carbocycles. The molecule has 0 saturated heterocycles. The van der Waals surface area contributed by atoms with E-state index in [0.29, 0.717) is 10.2 Å². The van der Waals surface area contributed by atoms with Crippen LogP contribution in [0.2, 0.25) is 0 Å². The lowest BCUT2D eigenvalue weighted by Gasteiger charge is -2.05. The van der Waals surface area contributed by atoms with Gasteiger partial charge in [-0.3, -0.25) is 0 Å². The van der Waals surface area contributed by atoms with Gasteiger partial charge in [-0.15, -0.1) is 0 Å². The number of hydrogen-bond donors (Lipinski definition) is 2. The third kappa shape index (κ3) is 2.25. The zero-order valence-electron chi connectivity index (χ0n) is 5.74. The average Bonchev–Trinajstić information content (AvgIpc) is 2.05. The fourth-order valence-corrected chi connectivity index (χ4v) is 0.924. The minimum absolute atomic E-state index is 0.274. The van der Waals surface area contributed by atoms with Gasteiger partial charge in [0, 0.05) is 11.8 Å². The van der Waals surface area contributed by atoms with E-state index in [1.165, 1.54) is 6.20 Å². The molecule has 0 aromatic carbocycles. The summed E-state index contributed by atoms with van der Waals surface area (Å²) in [5.74, 6) is 0. The van der Waals surface area contributed by atoms with Crippen LogP contribution in [0, 0.1) is 0 Å². The fourth-order valence-electron chi connectivity index (χ4n) is 0.690. The summed E-state index contributed by atoms with van der Waals surface area (Å²) in [7, 11) is 0. The predicted molar refractivity (Wildman–Crippen MR) is 44.0 cm³/mol. The van der Waals surface area contributed by atoms with E-state index in [1.807, 2.05) is 0 Å². The van der Waals surface area contributed by atoms with E-state index in [-0.39, 0.29) is 6.61 Å². The summed E-state index contributed by atoms with van der Waals surface area (Å²) in [6, 6.07) is 3.42. The van der Waals surface area contributed by atoms with Crippen molar-refractivity contribution in [3.05, 3.63) is 28.5 Å². The van der Waals surface area contributed by atoms with Crippen molar-refractivity contribution in [3.8, 4) is 0 Å². The first-order chi connectivity index (χ1) is 5.24. The Balaban J connectivity index is 2.81. The van der Waals surface area contributed by atoms with Crippen molar-refractivity contribution < 1.29 is 10.2 Å². The monoisotopic (exact) mass is 217 g/mol. The Kier molecular flexibility index (Phi) is 2.99. The maximum absolute atomic E-state index is 9.11. The van der Waals surface area contributed by atoms with E-state index in [1.54, 1.807) is 12.1 Å². The van der Waals surface area contributed by atoms with Crippen molar-refractivity contribution >= 4 is 15.9 Å². The first-order valence-corrected chi connectivity index (χ1v) is 3.93. The summed E-state index contributed by atoms with van der Waals surface area (Å²) < 4.78 is 0.714. The second-order valence-electron chi connectivity index (χ2n) is 2.11. The van der Waals surface area contributed by atoms with Gasteiger partial charge in [0.2, 0.25) is 0 Å². The highest BCUT2D eigenvalue weighted by Crippen LogP contribution is 2.12. The van der Waals surface area contributed by atoms with Gasteiger partial charge < -0.3 is 10.2 Å². The number of halogens is 1. The Morgan fingerprint density at radius 1 is 1.55 bits per heavy atom. The summed E-state index contributed by atoms with van der Waals surface area (Å²) in [6.45, 7) is -0.274. The Bertz CT molecular complexity index is 224. The molecule has 4 heteroatoms. The second-order valence-corrected chi connectivity index (χ2v) is 2.93. The van der Waals surface area contributed by atoms with E-state index in [2.05, 4.69) is 20.9 Å². The number of aromatic nitrogens is 1. The normalized spacial score (nSPS) is 13.0. The highest BCUT2D eigenvalue weighted by atomic mass is 79.9. The molecular formula is C7H8BrNO2. The van der Waals surface area contributed by atoms with Gasteiger partial charge in [0.05, 0.1) is 6.61 Å². The van der Waals surface area contributed by atoms with Gasteiger partial charge in [0.25, 0.3) is 0 Å². The standard InChI is InChI=1S/C7H8BrNO2/c8-7-2-1-5(3-9-7)6(11)4-10/h1-3,6,10-11H,4H2/t6-/m0/s1. The van der Waals surface area contributed by atoms with E-state index in [4.69, 9.17) is 10.2 Å². The number of aliphatic hydroxyl groups excluding tert-OH is 2. The summed E-state index contributed by atoms with van der Waals surface area (Å²) >= 11 is 3.16. The SMILES string of the molecule is OC[C@H](O)c1ccc(Br)nc1. The van der Waals surface area contributed by atoms with E-state index < -0.39 is 6.10 Å². The molecule has 1 rings (SSSR count). The molecule has 0 aliphatic heterocycles. The number of aliphatic hydroxyl groups is 2. The molecule has 1 aromatic heterocycles. The molecule has 0 bridgehead atoms. The van der Waals surface area contributed by atoms with Crippen LogP contribution in [-0.2, 0) is 0 Å². The summed E-state index contributed by atoms with van der Waals surface area (Å²) in [5, 5.41) is 17.7. The molecule has 0 aliphatic rings. The number of nitrogens with zero attached hydrogens (tertiary/aromatic N) is 1. The number of rotatable bonds is 2. The minimum Gasteiger partial charge on any atom is -0.393 e. The van der Waals surface area contributed by atoms with Crippen molar-refractivity contribution in [2.45, 2.75) is 6.10 Å². The molecule has 60 valence electrons. The van der Waals surface area contributed by atoms with Gasteiger partial charge in [-0.1, -0.05) is 6.07 Å². The summed E-state index contributed by atoms with van der Waals surface area (Å²) in [4.78, 5) is 3.89. The zero-order chi connectivity index (χ0) is 8.27. The molecule has 0 unspecified atom stereocenters. The molecule has 0 saturated carbocycles. The first kappa shape index (κ1) is 8.64. The Morgan fingerprint density at radius 2 is 2.27 bits per heavy atom. The quantitative estimate of drug-likeness (QED) is 0.724. The van der Waals surface area contributed by atoms with Gasteiger partial charge in [-0.25, -0.2) is 4.98 Å². The number of pyridine rings is 1. The molecular weight excluding hydrogens is 210 g/mol. The van der Waals surface area contributed by atoms with Crippen molar-refractivity contribution in [2.24, 2.45) is 0 Å². The van der Waals surface area contributed by atoms with Gasteiger partial charge >= 0.3 is 0 Å². The maximum atomic E-state index is 9.11. The lowest BCUT2D eigenvalue weighted by Crippen LogP contribution is -2.02. The lowest BCUT2D eigenvalue weighted by molar-refractivity contribution is 0.0953. The van der Waals surface area contributed by atoms with Crippen LogP contribution >= 0.6 is 15.9 Å². The minimum atomic E-state index is -0.824. The summed E-state index contributed by atoms with van der Waals surface area (Å²) in [5.41, 5.74) is 0.621. The van der Waals surface area contributed by atoms with Crippen LogP contribution in [0.4, 0.5) is 0 Å². The lowest BCUT2D eigenvalue weighted by atomic mass is 10.2. The fraction of sp³-hybridized carbons (Fsp3) is 0.286. The van der Waals surface area contributed by atoms with Crippen LogP contribution in [0.5, 0.6) is 0 Å². The smallest absolute Gasteiger partial charge is 0.106 e. The Morgan fingerprint density at radius 3 is 2.73 bits per heavy atom. The molecule has 0 amide bonds. The van der Waals surface area contributed by atoms with E-state index in [9.17, 15) is 0 Å². The molecule has 1 aromatic rings. The third-order valence-corrected chi connectivity index (χ3v) is 1.78. The topological polar surface area (TPSA) is 53.4 Å². The molecule has 0 radical (unpaired) electrons. The van der Waals surface area contributed by atoms with Crippen LogP contribution in [0.25, 0.3) is 0 Å². The highest BCUT2D eigenvalue weighted by molar-refractivity contribution is 9.10. The Labute approximate surface area is 72.8 Å². The van der Waals surface area contributed by atoms with Crippen LogP contribution in [-0.4, -0.2) is 21.8 Å². The van der Waals surface area contributed by atoms with Gasteiger partial charge in [-0.2, -0.15) is 0 Å². The van der Waals surface area contributed by atoms with Crippen molar-refractivity contribution in [3.63, 3.8) is 0 Å². The van der Waals surface area contributed by atoms with Crippen LogP contribution in [0.3, 0.4) is 0 Å². The van der Waals surface area contributed by atoms with Crippen LogP contribution in [0.15, 0.2) is 22.9 Å². The molecule has 1 atom stereocenters. The van der Waals surface area contributed by atoms with Gasteiger partial charge in [0.15, 0.2) is 0 Å². The maximum Gasteiger partial charge on any atom is 0.106 e. The number of hydrogen-bond acceptors (Lipinski definition) is 3. The molecule has 11 heavy (non-hydrogen) atoms. The summed E-state index contributed by atoms with van der Waals surface area (Å²) in [6.07, 6.45) is 0.695. The average molecular weight is 218 g/mol. The van der Waals surface area contributed by atoms with E-state index >= 15 is 0 Å². The molecule has 0 fully saturated rings. The molecule has 3 nitrogen and oxygen atoms in total. The van der Waals surface area contributed by atoms with Crippen molar-refractivity contribution in [1.29, 1.82) is 0 Å². The van der Waals surface area contributed by atoms with Gasteiger partial charge in [-0.05, 0) is 22.0 Å². The van der Waals surface area contributed by atoms with Gasteiger partial charge in [0.1, 0.15) is 10.7 Å². The molecule has 2 N–H and O–H groups in total. The van der Waals surface area contributed by atoms with Crippen molar-refractivity contribution in [2.75, 3.05) is 6.61 Å². The predicted octanol–water partition coefficient (Wildman–Crippen LogP) is 0.870. The van der Waals surface area contributed by atoms with E-state index in [0.717, 1.165) is 0 Å². The third-order valence-electron chi connectivity index (χ3n) is 1.31. The van der Waals surface area contributed by atoms with Crippen molar-refractivity contribution in [1.82, 2.24) is 4.98 Å². The molecule has 1 heterocycles. The second kappa shape index (κ2) is 3.80. The Hall–Kier alpha value is -0.450.